The number of carbonyl (C=O) groups is 2. The third kappa shape index (κ3) is 5.55. The number of piperidine rings is 1. The van der Waals surface area contributed by atoms with Crippen molar-refractivity contribution in [3.63, 3.8) is 0 Å². The molecule has 0 radical (unpaired) electrons. The second kappa shape index (κ2) is 11.5. The molecule has 206 valence electrons. The summed E-state index contributed by atoms with van der Waals surface area (Å²) in [4.78, 5) is 37.5. The highest BCUT2D eigenvalue weighted by molar-refractivity contribution is 6.31. The number of rotatable bonds is 6. The number of fused-ring (bicyclic) bond motifs is 1. The quantitative estimate of drug-likeness (QED) is 0.322. The van der Waals surface area contributed by atoms with E-state index in [1.54, 1.807) is 0 Å². The molecule has 6 nitrogen and oxygen atoms in total. The molecule has 1 aromatic heterocycles. The Morgan fingerprint density at radius 1 is 1.02 bits per heavy atom. The van der Waals surface area contributed by atoms with Gasteiger partial charge in [-0.2, -0.15) is 0 Å². The monoisotopic (exact) mass is 555 g/mol. The summed E-state index contributed by atoms with van der Waals surface area (Å²) in [6.45, 7) is 1.50. The van der Waals surface area contributed by atoms with Crippen LogP contribution in [0, 0.1) is 11.8 Å². The molecule has 1 unspecified atom stereocenters. The first-order chi connectivity index (χ1) is 19.5. The molecule has 7 heteroatoms. The number of carbonyl (C=O) groups excluding carboxylic acids is 2. The van der Waals surface area contributed by atoms with Crippen LogP contribution in [0.1, 0.15) is 71.2 Å². The summed E-state index contributed by atoms with van der Waals surface area (Å²) in [5.41, 5.74) is 5.42. The SMILES string of the molecule is COC(=O)C1CC(Cc2nc3cc(C(=O)N4CCC(c5ccccc5)CC4)ccc3nc2C2C=CC(Cl)=CC2)C1. The summed E-state index contributed by atoms with van der Waals surface area (Å²) in [5, 5.41) is 0.738. The molecule has 1 amide bonds. The van der Waals surface area contributed by atoms with Crippen molar-refractivity contribution in [2.24, 2.45) is 11.8 Å². The highest BCUT2D eigenvalue weighted by Crippen LogP contribution is 2.39. The van der Waals surface area contributed by atoms with E-state index in [-0.39, 0.29) is 23.7 Å². The lowest BCUT2D eigenvalue weighted by Crippen LogP contribution is -2.37. The molecule has 1 saturated heterocycles. The average molecular weight is 556 g/mol. The molecule has 6 rings (SSSR count). The highest BCUT2D eigenvalue weighted by Gasteiger charge is 2.36. The van der Waals surface area contributed by atoms with Crippen LogP contribution in [0.4, 0.5) is 0 Å². The van der Waals surface area contributed by atoms with Gasteiger partial charge >= 0.3 is 5.97 Å². The predicted octanol–water partition coefficient (Wildman–Crippen LogP) is 6.56. The lowest BCUT2D eigenvalue weighted by Gasteiger charge is -2.33. The van der Waals surface area contributed by atoms with Crippen molar-refractivity contribution in [1.29, 1.82) is 0 Å². The van der Waals surface area contributed by atoms with E-state index >= 15 is 0 Å². The van der Waals surface area contributed by atoms with Crippen LogP contribution in [0.25, 0.3) is 11.0 Å². The summed E-state index contributed by atoms with van der Waals surface area (Å²) in [6.07, 6.45) is 11.1. The zero-order chi connectivity index (χ0) is 27.6. The Hall–Kier alpha value is -3.51. The van der Waals surface area contributed by atoms with E-state index in [0.717, 1.165) is 79.1 Å². The Bertz CT molecular complexity index is 1470. The number of esters is 1. The normalized spacial score (nSPS) is 23.0. The van der Waals surface area contributed by atoms with Crippen LogP contribution in [0.2, 0.25) is 0 Å². The standard InChI is InChI=1S/C33H34ClN3O3/c1-40-33(39)26-17-21(18-26)19-30-31(24-7-10-27(34)11-8-24)36-28-12-9-25(20-29(28)35-30)32(38)37-15-13-23(14-16-37)22-5-3-2-4-6-22/h2-7,9-12,20-21,23-24,26H,8,13-19H2,1H3. The van der Waals surface area contributed by atoms with Gasteiger partial charge in [-0.15, -0.1) is 0 Å². The highest BCUT2D eigenvalue weighted by atomic mass is 35.5. The van der Waals surface area contributed by atoms with Gasteiger partial charge in [0.25, 0.3) is 5.91 Å². The van der Waals surface area contributed by atoms with E-state index in [2.05, 4.69) is 30.3 Å². The summed E-state index contributed by atoms with van der Waals surface area (Å²) in [5.74, 6) is 0.842. The minimum atomic E-state index is -0.132. The number of hydrogen-bond acceptors (Lipinski definition) is 5. The van der Waals surface area contributed by atoms with Crippen LogP contribution >= 0.6 is 11.6 Å². The smallest absolute Gasteiger partial charge is 0.308 e. The molecule has 3 aliphatic rings. The molecule has 0 spiro atoms. The maximum atomic E-state index is 13.5. The van der Waals surface area contributed by atoms with E-state index in [1.165, 1.54) is 12.7 Å². The Kier molecular flexibility index (Phi) is 7.70. The molecule has 3 aromatic rings. The molecule has 1 saturated carbocycles. The van der Waals surface area contributed by atoms with Crippen molar-refractivity contribution < 1.29 is 14.3 Å². The number of ether oxygens (including phenoxy) is 1. The van der Waals surface area contributed by atoms with Crippen LogP contribution in [-0.4, -0.2) is 46.9 Å². The number of likely N-dealkylation sites (tertiary alicyclic amines) is 1. The molecular weight excluding hydrogens is 522 g/mol. The molecule has 1 aliphatic heterocycles. The maximum absolute atomic E-state index is 13.5. The summed E-state index contributed by atoms with van der Waals surface area (Å²) >= 11 is 6.19. The van der Waals surface area contributed by atoms with Crippen LogP contribution in [0.3, 0.4) is 0 Å². The summed E-state index contributed by atoms with van der Waals surface area (Å²) in [6, 6.07) is 16.3. The lowest BCUT2D eigenvalue weighted by atomic mass is 9.72. The molecule has 1 atom stereocenters. The number of aromatic nitrogens is 2. The molecule has 2 aliphatic carbocycles. The first-order valence-electron chi connectivity index (χ1n) is 14.2. The first-order valence-corrected chi connectivity index (χ1v) is 14.6. The fourth-order valence-corrected chi connectivity index (χ4v) is 6.50. The topological polar surface area (TPSA) is 72.4 Å². The minimum absolute atomic E-state index is 0.0292. The molecule has 2 heterocycles. The Balaban J connectivity index is 1.22. The third-order valence-corrected chi connectivity index (χ3v) is 9.01. The number of halogens is 1. The molecule has 40 heavy (non-hydrogen) atoms. The van der Waals surface area contributed by atoms with Crippen molar-refractivity contribution in [3.05, 3.63) is 94.3 Å². The second-order valence-electron chi connectivity index (χ2n) is 11.3. The molecule has 2 fully saturated rings. The second-order valence-corrected chi connectivity index (χ2v) is 11.7. The maximum Gasteiger partial charge on any atom is 0.308 e. The van der Waals surface area contributed by atoms with Crippen LogP contribution in [0.5, 0.6) is 0 Å². The van der Waals surface area contributed by atoms with E-state index in [4.69, 9.17) is 26.3 Å². The van der Waals surface area contributed by atoms with Gasteiger partial charge in [-0.25, -0.2) is 9.97 Å². The third-order valence-electron chi connectivity index (χ3n) is 8.73. The Labute approximate surface area is 240 Å². The number of allylic oxidation sites excluding steroid dienone is 4. The fourth-order valence-electron chi connectivity index (χ4n) is 6.34. The number of hydrogen-bond donors (Lipinski definition) is 0. The van der Waals surface area contributed by atoms with Gasteiger partial charge in [0.15, 0.2) is 0 Å². The van der Waals surface area contributed by atoms with Crippen LogP contribution in [-0.2, 0) is 16.0 Å². The number of amides is 1. The van der Waals surface area contributed by atoms with Crippen molar-refractivity contribution in [3.8, 4) is 0 Å². The van der Waals surface area contributed by atoms with Gasteiger partial charge in [0, 0.05) is 29.6 Å². The van der Waals surface area contributed by atoms with Crippen molar-refractivity contribution in [2.75, 3.05) is 20.2 Å². The molecule has 0 bridgehead atoms. The van der Waals surface area contributed by atoms with Gasteiger partial charge in [0.05, 0.1) is 35.4 Å². The van der Waals surface area contributed by atoms with Gasteiger partial charge in [-0.05, 0) is 80.2 Å². The summed E-state index contributed by atoms with van der Waals surface area (Å²) < 4.78 is 4.92. The zero-order valence-electron chi connectivity index (χ0n) is 22.8. The molecular formula is C33H34ClN3O3. The van der Waals surface area contributed by atoms with E-state index in [0.29, 0.717) is 17.4 Å². The first kappa shape index (κ1) is 26.7. The Morgan fingerprint density at radius 2 is 1.80 bits per heavy atom. The van der Waals surface area contributed by atoms with Gasteiger partial charge in [0.1, 0.15) is 0 Å². The zero-order valence-corrected chi connectivity index (χ0v) is 23.5. The van der Waals surface area contributed by atoms with Gasteiger partial charge in [-0.3, -0.25) is 9.59 Å². The predicted molar refractivity (Wildman–Crippen MR) is 156 cm³/mol. The minimum Gasteiger partial charge on any atom is -0.469 e. The largest absolute Gasteiger partial charge is 0.469 e. The Morgan fingerprint density at radius 3 is 2.50 bits per heavy atom. The van der Waals surface area contributed by atoms with Crippen molar-refractivity contribution in [2.45, 2.75) is 50.4 Å². The summed E-state index contributed by atoms with van der Waals surface area (Å²) in [7, 11) is 1.45. The van der Waals surface area contributed by atoms with Gasteiger partial charge < -0.3 is 9.64 Å². The van der Waals surface area contributed by atoms with Crippen molar-refractivity contribution >= 4 is 34.5 Å². The average Bonchev–Trinajstić information content (AvgIpc) is 2.98. The van der Waals surface area contributed by atoms with E-state index in [1.807, 2.05) is 41.3 Å². The van der Waals surface area contributed by atoms with Crippen LogP contribution < -0.4 is 0 Å². The molecule has 0 N–H and O–H groups in total. The fraction of sp³-hybridized carbons (Fsp3) is 0.394. The van der Waals surface area contributed by atoms with Gasteiger partial charge in [-0.1, -0.05) is 54.1 Å². The van der Waals surface area contributed by atoms with Gasteiger partial charge in [0.2, 0.25) is 0 Å². The van der Waals surface area contributed by atoms with E-state index < -0.39 is 0 Å². The number of methoxy groups -OCH3 is 1. The molecule has 2 aromatic carbocycles. The van der Waals surface area contributed by atoms with Crippen molar-refractivity contribution in [1.82, 2.24) is 14.9 Å². The number of nitrogens with zero attached hydrogens (tertiary/aromatic N) is 3. The van der Waals surface area contributed by atoms with Crippen LogP contribution in [0.15, 0.2) is 71.8 Å². The lowest BCUT2D eigenvalue weighted by molar-refractivity contribution is -0.150. The number of benzene rings is 2. The van der Waals surface area contributed by atoms with E-state index in [9.17, 15) is 9.59 Å².